The summed E-state index contributed by atoms with van der Waals surface area (Å²) < 4.78 is 2.38. The second-order valence-electron chi connectivity index (χ2n) is 11.1. The Kier molecular flexibility index (Phi) is 6.73. The van der Waals surface area contributed by atoms with Gasteiger partial charge in [-0.25, -0.2) is 4.98 Å². The van der Waals surface area contributed by atoms with Crippen molar-refractivity contribution < 1.29 is 0 Å². The summed E-state index contributed by atoms with van der Waals surface area (Å²) in [7, 11) is 0. The maximum absolute atomic E-state index is 5.34. The van der Waals surface area contributed by atoms with Gasteiger partial charge in [0.05, 0.1) is 16.7 Å². The van der Waals surface area contributed by atoms with Crippen LogP contribution in [0.5, 0.6) is 0 Å². The van der Waals surface area contributed by atoms with Gasteiger partial charge >= 0.3 is 0 Å². The van der Waals surface area contributed by atoms with E-state index in [2.05, 4.69) is 170 Å². The largest absolute Gasteiger partial charge is 0.291 e. The van der Waals surface area contributed by atoms with Gasteiger partial charge in [0.2, 0.25) is 0 Å². The summed E-state index contributed by atoms with van der Waals surface area (Å²) in [6, 6.07) is 54.0. The van der Waals surface area contributed by atoms with E-state index < -0.39 is 0 Å². The van der Waals surface area contributed by atoms with Gasteiger partial charge in [0.1, 0.15) is 5.82 Å². The lowest BCUT2D eigenvalue weighted by molar-refractivity contribution is 0.866. The predicted molar refractivity (Wildman–Crippen MR) is 177 cm³/mol. The molecule has 2 heteroatoms. The molecule has 42 heavy (non-hydrogen) atoms. The first-order chi connectivity index (χ1) is 20.7. The van der Waals surface area contributed by atoms with Gasteiger partial charge in [-0.05, 0) is 58.0 Å². The van der Waals surface area contributed by atoms with Gasteiger partial charge in [-0.2, -0.15) is 0 Å². The highest BCUT2D eigenvalue weighted by atomic mass is 15.1. The number of benzene rings is 6. The molecule has 202 valence electrons. The molecule has 0 unspecified atom stereocenters. The van der Waals surface area contributed by atoms with Gasteiger partial charge in [-0.3, -0.25) is 4.57 Å². The van der Waals surface area contributed by atoms with E-state index in [1.807, 2.05) is 0 Å². The number of aromatic nitrogens is 2. The molecule has 0 N–H and O–H groups in total. The summed E-state index contributed by atoms with van der Waals surface area (Å²) in [5, 5.41) is 0. The van der Waals surface area contributed by atoms with Crippen LogP contribution in [0.15, 0.2) is 152 Å². The third-order valence-electron chi connectivity index (χ3n) is 7.99. The predicted octanol–water partition coefficient (Wildman–Crippen LogP) is 10.8. The van der Waals surface area contributed by atoms with Gasteiger partial charge in [-0.1, -0.05) is 141 Å². The van der Waals surface area contributed by atoms with Crippen LogP contribution in [-0.4, -0.2) is 9.55 Å². The lowest BCUT2D eigenvalue weighted by Crippen LogP contribution is -2.05. The zero-order valence-corrected chi connectivity index (χ0v) is 23.9. The van der Waals surface area contributed by atoms with E-state index in [9.17, 15) is 0 Å². The third kappa shape index (κ3) is 4.71. The zero-order valence-electron chi connectivity index (χ0n) is 23.9. The van der Waals surface area contributed by atoms with Crippen LogP contribution in [-0.2, 0) is 0 Å². The first-order valence-corrected chi connectivity index (χ1v) is 14.6. The summed E-state index contributed by atoms with van der Waals surface area (Å²) in [5.74, 6) is 1.31. The number of hydrogen-bond donors (Lipinski definition) is 0. The van der Waals surface area contributed by atoms with Gasteiger partial charge in [-0.15, -0.1) is 0 Å². The molecule has 2 nitrogen and oxygen atoms in total. The third-order valence-corrected chi connectivity index (χ3v) is 7.99. The molecule has 0 aliphatic rings. The molecular weight excluding hydrogens is 508 g/mol. The summed E-state index contributed by atoms with van der Waals surface area (Å²) in [4.78, 5) is 5.34. The van der Waals surface area contributed by atoms with Crippen molar-refractivity contribution in [3.8, 4) is 50.5 Å². The molecule has 0 saturated heterocycles. The molecule has 0 atom stereocenters. The van der Waals surface area contributed by atoms with Gasteiger partial charge in [0.25, 0.3) is 0 Å². The van der Waals surface area contributed by atoms with E-state index in [1.54, 1.807) is 0 Å². The van der Waals surface area contributed by atoms with Crippen LogP contribution in [0, 0.1) is 0 Å². The fourth-order valence-electron chi connectivity index (χ4n) is 5.80. The molecule has 0 bridgehead atoms. The minimum Gasteiger partial charge on any atom is -0.291 e. The highest BCUT2D eigenvalue weighted by molar-refractivity contribution is 5.94. The van der Waals surface area contributed by atoms with E-state index in [1.165, 1.54) is 33.4 Å². The minimum atomic E-state index is 0.380. The molecule has 6 aromatic carbocycles. The topological polar surface area (TPSA) is 17.8 Å². The highest BCUT2D eigenvalue weighted by Crippen LogP contribution is 2.42. The second-order valence-corrected chi connectivity index (χ2v) is 11.1. The normalized spacial score (nSPS) is 11.3. The first kappa shape index (κ1) is 25.7. The Morgan fingerprint density at radius 3 is 1.45 bits per heavy atom. The molecule has 1 heterocycles. The van der Waals surface area contributed by atoms with Crippen molar-refractivity contribution in [1.29, 1.82) is 0 Å². The lowest BCUT2D eigenvalue weighted by atomic mass is 9.89. The van der Waals surface area contributed by atoms with E-state index in [4.69, 9.17) is 4.98 Å². The monoisotopic (exact) mass is 540 g/mol. The molecule has 0 spiro atoms. The lowest BCUT2D eigenvalue weighted by Gasteiger charge is -2.22. The van der Waals surface area contributed by atoms with Gasteiger partial charge in [0, 0.05) is 16.7 Å². The van der Waals surface area contributed by atoms with E-state index in [-0.39, 0.29) is 0 Å². The molecule has 7 rings (SSSR count). The summed E-state index contributed by atoms with van der Waals surface area (Å²) >= 11 is 0. The van der Waals surface area contributed by atoms with Crippen molar-refractivity contribution in [3.63, 3.8) is 0 Å². The van der Waals surface area contributed by atoms with Crippen LogP contribution in [0.3, 0.4) is 0 Å². The molecule has 0 aliphatic heterocycles. The Morgan fingerprint density at radius 1 is 0.476 bits per heavy atom. The van der Waals surface area contributed by atoms with Crippen molar-refractivity contribution in [2.24, 2.45) is 0 Å². The van der Waals surface area contributed by atoms with Crippen LogP contribution in [0.4, 0.5) is 0 Å². The Balaban J connectivity index is 1.61. The van der Waals surface area contributed by atoms with Gasteiger partial charge in [0.15, 0.2) is 0 Å². The van der Waals surface area contributed by atoms with E-state index >= 15 is 0 Å². The molecule has 0 amide bonds. The molecule has 1 aromatic heterocycles. The van der Waals surface area contributed by atoms with E-state index in [0.717, 1.165) is 33.7 Å². The van der Waals surface area contributed by atoms with Crippen LogP contribution in [0.25, 0.3) is 61.5 Å². The minimum absolute atomic E-state index is 0.380. The van der Waals surface area contributed by atoms with Crippen LogP contribution in [0.2, 0.25) is 0 Å². The summed E-state index contributed by atoms with van der Waals surface area (Å²) in [6.07, 6.45) is 0. The van der Waals surface area contributed by atoms with Gasteiger partial charge < -0.3 is 0 Å². The van der Waals surface area contributed by atoms with Crippen LogP contribution in [0.1, 0.15) is 25.3 Å². The zero-order chi connectivity index (χ0) is 28.5. The average Bonchev–Trinajstić information content (AvgIpc) is 3.44. The fourth-order valence-corrected chi connectivity index (χ4v) is 5.80. The maximum atomic E-state index is 5.34. The average molecular weight is 541 g/mol. The maximum Gasteiger partial charge on any atom is 0.145 e. The van der Waals surface area contributed by atoms with Crippen molar-refractivity contribution in [2.75, 3.05) is 0 Å². The van der Waals surface area contributed by atoms with E-state index in [0.29, 0.717) is 5.92 Å². The Hall–Kier alpha value is -5.21. The molecule has 0 aliphatic carbocycles. The molecular formula is C40H32N2. The number of nitrogens with zero attached hydrogens (tertiary/aromatic N) is 2. The smallest absolute Gasteiger partial charge is 0.145 e. The van der Waals surface area contributed by atoms with Crippen LogP contribution < -0.4 is 0 Å². The standard InChI is InChI=1S/C40H32N2/c1-28(2)34-25-35(30-17-9-4-10-18-30)39(36(26-34)31-19-11-5-12-20-31)42-38-24-23-33(29-15-7-3-8-16-29)27-37(38)41-40(42)32-21-13-6-14-22-32/h3-28H,1-2H3. The van der Waals surface area contributed by atoms with Crippen LogP contribution >= 0.6 is 0 Å². The van der Waals surface area contributed by atoms with Crippen molar-refractivity contribution in [3.05, 3.63) is 157 Å². The first-order valence-electron chi connectivity index (χ1n) is 14.6. The summed E-state index contributed by atoms with van der Waals surface area (Å²) in [6.45, 7) is 4.54. The Labute approximate surface area is 247 Å². The van der Waals surface area contributed by atoms with Crippen molar-refractivity contribution >= 4 is 11.0 Å². The summed E-state index contributed by atoms with van der Waals surface area (Å²) in [5.41, 5.74) is 12.7. The van der Waals surface area contributed by atoms with Crippen molar-refractivity contribution in [1.82, 2.24) is 9.55 Å². The highest BCUT2D eigenvalue weighted by Gasteiger charge is 2.23. The number of imidazole rings is 1. The quantitative estimate of drug-likeness (QED) is 0.205. The molecule has 0 radical (unpaired) electrons. The molecule has 0 saturated carbocycles. The number of fused-ring (bicyclic) bond motifs is 1. The van der Waals surface area contributed by atoms with Crippen molar-refractivity contribution in [2.45, 2.75) is 19.8 Å². The number of hydrogen-bond acceptors (Lipinski definition) is 1. The Bertz CT molecular complexity index is 1910. The second kappa shape index (κ2) is 11.0. The molecule has 7 aromatic rings. The molecule has 0 fully saturated rings. The SMILES string of the molecule is CC(C)c1cc(-c2ccccc2)c(-n2c(-c3ccccc3)nc3cc(-c4ccccc4)ccc32)c(-c2ccccc2)c1. The fraction of sp³-hybridized carbons (Fsp3) is 0.0750. The number of rotatable bonds is 6. The Morgan fingerprint density at radius 2 is 0.952 bits per heavy atom.